The first-order valence-corrected chi connectivity index (χ1v) is 8.89. The van der Waals surface area contributed by atoms with E-state index in [4.69, 9.17) is 9.47 Å². The second-order valence-electron chi connectivity index (χ2n) is 6.54. The molecule has 1 heterocycles. The number of rotatable bonds is 5. The molecule has 1 atom stereocenters. The summed E-state index contributed by atoms with van der Waals surface area (Å²) < 4.78 is 10.6. The van der Waals surface area contributed by atoms with Crippen LogP contribution in [-0.4, -0.2) is 31.6 Å². The molecule has 0 aromatic heterocycles. The van der Waals surface area contributed by atoms with E-state index in [1.165, 1.54) is 0 Å². The van der Waals surface area contributed by atoms with Crippen LogP contribution in [0.4, 0.5) is 0 Å². The molecule has 1 fully saturated rings. The van der Waals surface area contributed by atoms with Crippen molar-refractivity contribution in [3.8, 4) is 11.5 Å². The number of aryl methyl sites for hydroxylation is 1. The van der Waals surface area contributed by atoms with E-state index in [-0.39, 0.29) is 11.9 Å². The van der Waals surface area contributed by atoms with Crippen molar-refractivity contribution in [2.75, 3.05) is 20.8 Å². The van der Waals surface area contributed by atoms with Crippen molar-refractivity contribution in [1.82, 2.24) is 4.90 Å². The number of hydrogen-bond acceptors (Lipinski definition) is 3. The molecule has 4 nitrogen and oxygen atoms in total. The number of nitrogens with zero attached hydrogens (tertiary/aromatic N) is 1. The van der Waals surface area contributed by atoms with E-state index in [0.717, 1.165) is 47.6 Å². The molecule has 136 valence electrons. The summed E-state index contributed by atoms with van der Waals surface area (Å²) in [7, 11) is 3.30. The summed E-state index contributed by atoms with van der Waals surface area (Å²) in [6, 6.07) is 14.1. The standard InChI is InChI=1S/C22H25NO3/c1-16-6-12-21(26-3)18(15-16)9-13-22(24)23-14-4-5-20(23)17-7-10-19(25-2)11-8-17/h6-13,15,20H,4-5,14H2,1-3H3/b13-9+/t20-/m0/s1. The van der Waals surface area contributed by atoms with Crippen molar-refractivity contribution in [3.05, 3.63) is 65.2 Å². The third kappa shape index (κ3) is 3.90. The zero-order chi connectivity index (χ0) is 18.5. The highest BCUT2D eigenvalue weighted by atomic mass is 16.5. The number of benzene rings is 2. The summed E-state index contributed by atoms with van der Waals surface area (Å²) in [5.41, 5.74) is 3.20. The van der Waals surface area contributed by atoms with Crippen LogP contribution in [0, 0.1) is 6.92 Å². The number of hydrogen-bond donors (Lipinski definition) is 0. The quantitative estimate of drug-likeness (QED) is 0.750. The van der Waals surface area contributed by atoms with Crippen molar-refractivity contribution in [2.45, 2.75) is 25.8 Å². The van der Waals surface area contributed by atoms with Crippen LogP contribution in [0.25, 0.3) is 6.08 Å². The van der Waals surface area contributed by atoms with E-state index in [0.29, 0.717) is 0 Å². The Morgan fingerprint density at radius 3 is 2.58 bits per heavy atom. The first kappa shape index (κ1) is 18.1. The van der Waals surface area contributed by atoms with Crippen LogP contribution in [0.1, 0.15) is 35.6 Å². The van der Waals surface area contributed by atoms with Crippen LogP contribution in [-0.2, 0) is 4.79 Å². The largest absolute Gasteiger partial charge is 0.497 e. The zero-order valence-corrected chi connectivity index (χ0v) is 15.6. The molecule has 2 aromatic rings. The molecule has 1 aliphatic heterocycles. The number of ether oxygens (including phenoxy) is 2. The predicted molar refractivity (Wildman–Crippen MR) is 103 cm³/mol. The van der Waals surface area contributed by atoms with Gasteiger partial charge in [-0.05, 0) is 55.7 Å². The first-order valence-electron chi connectivity index (χ1n) is 8.89. The summed E-state index contributed by atoms with van der Waals surface area (Å²) >= 11 is 0. The average molecular weight is 351 g/mol. The maximum atomic E-state index is 12.8. The van der Waals surface area contributed by atoms with Crippen molar-refractivity contribution in [3.63, 3.8) is 0 Å². The molecule has 1 saturated heterocycles. The fourth-order valence-electron chi connectivity index (χ4n) is 3.44. The van der Waals surface area contributed by atoms with Gasteiger partial charge in [0.1, 0.15) is 11.5 Å². The van der Waals surface area contributed by atoms with Crippen LogP contribution < -0.4 is 9.47 Å². The number of carbonyl (C=O) groups is 1. The SMILES string of the molecule is COc1ccc([C@@H]2CCCN2C(=O)/C=C/c2cc(C)ccc2OC)cc1. The van der Waals surface area contributed by atoms with E-state index >= 15 is 0 Å². The molecule has 0 radical (unpaired) electrons. The van der Waals surface area contributed by atoms with Gasteiger partial charge < -0.3 is 14.4 Å². The molecular formula is C22H25NO3. The summed E-state index contributed by atoms with van der Waals surface area (Å²) in [6.07, 6.45) is 5.50. The van der Waals surface area contributed by atoms with E-state index in [9.17, 15) is 4.79 Å². The molecule has 26 heavy (non-hydrogen) atoms. The second-order valence-corrected chi connectivity index (χ2v) is 6.54. The van der Waals surface area contributed by atoms with Gasteiger partial charge in [-0.3, -0.25) is 4.79 Å². The lowest BCUT2D eigenvalue weighted by Crippen LogP contribution is -2.28. The maximum absolute atomic E-state index is 12.8. The molecular weight excluding hydrogens is 326 g/mol. The first-order chi connectivity index (χ1) is 12.6. The van der Waals surface area contributed by atoms with Crippen LogP contribution >= 0.6 is 0 Å². The van der Waals surface area contributed by atoms with Gasteiger partial charge >= 0.3 is 0 Å². The highest BCUT2D eigenvalue weighted by molar-refractivity contribution is 5.92. The lowest BCUT2D eigenvalue weighted by Gasteiger charge is -2.24. The van der Waals surface area contributed by atoms with E-state index < -0.39 is 0 Å². The molecule has 1 amide bonds. The second kappa shape index (κ2) is 8.09. The Morgan fingerprint density at radius 2 is 1.88 bits per heavy atom. The lowest BCUT2D eigenvalue weighted by atomic mass is 10.0. The lowest BCUT2D eigenvalue weighted by molar-refractivity contribution is -0.126. The summed E-state index contributed by atoms with van der Waals surface area (Å²) in [6.45, 7) is 2.81. The van der Waals surface area contributed by atoms with Gasteiger partial charge in [0, 0.05) is 18.2 Å². The molecule has 0 N–H and O–H groups in total. The summed E-state index contributed by atoms with van der Waals surface area (Å²) in [5, 5.41) is 0. The van der Waals surface area contributed by atoms with Gasteiger partial charge in [-0.2, -0.15) is 0 Å². The Bertz CT molecular complexity index is 796. The Labute approximate surface area is 155 Å². The Hall–Kier alpha value is -2.75. The monoisotopic (exact) mass is 351 g/mol. The number of amides is 1. The number of likely N-dealkylation sites (tertiary alicyclic amines) is 1. The fraction of sp³-hybridized carbons (Fsp3) is 0.318. The minimum atomic E-state index is 0.0341. The minimum Gasteiger partial charge on any atom is -0.497 e. The number of carbonyl (C=O) groups excluding carboxylic acids is 1. The van der Waals surface area contributed by atoms with Gasteiger partial charge in [0.2, 0.25) is 5.91 Å². The van der Waals surface area contributed by atoms with E-state index in [2.05, 4.69) is 0 Å². The molecule has 0 unspecified atom stereocenters. The van der Waals surface area contributed by atoms with Gasteiger partial charge in [0.25, 0.3) is 0 Å². The Balaban J connectivity index is 1.77. The van der Waals surface area contributed by atoms with Gasteiger partial charge in [0.05, 0.1) is 20.3 Å². The highest BCUT2D eigenvalue weighted by Crippen LogP contribution is 2.33. The number of methoxy groups -OCH3 is 2. The molecule has 2 aromatic carbocycles. The van der Waals surface area contributed by atoms with Gasteiger partial charge in [0.15, 0.2) is 0 Å². The third-order valence-electron chi connectivity index (χ3n) is 4.83. The molecule has 3 rings (SSSR count). The average Bonchev–Trinajstić information content (AvgIpc) is 3.16. The van der Waals surface area contributed by atoms with Crippen LogP contribution in [0.3, 0.4) is 0 Å². The molecule has 0 spiro atoms. The Morgan fingerprint density at radius 1 is 1.12 bits per heavy atom. The maximum Gasteiger partial charge on any atom is 0.247 e. The Kier molecular flexibility index (Phi) is 5.61. The topological polar surface area (TPSA) is 38.8 Å². The third-order valence-corrected chi connectivity index (χ3v) is 4.83. The van der Waals surface area contributed by atoms with Crippen LogP contribution in [0.15, 0.2) is 48.5 Å². The summed E-state index contributed by atoms with van der Waals surface area (Å²) in [5.74, 6) is 1.63. The van der Waals surface area contributed by atoms with E-state index in [1.807, 2.05) is 60.4 Å². The van der Waals surface area contributed by atoms with Gasteiger partial charge in [-0.1, -0.05) is 23.8 Å². The predicted octanol–water partition coefficient (Wildman–Crippen LogP) is 4.39. The normalized spacial score (nSPS) is 16.9. The van der Waals surface area contributed by atoms with Crippen molar-refractivity contribution < 1.29 is 14.3 Å². The fourth-order valence-corrected chi connectivity index (χ4v) is 3.44. The minimum absolute atomic E-state index is 0.0341. The van der Waals surface area contributed by atoms with E-state index in [1.54, 1.807) is 20.3 Å². The molecule has 0 saturated carbocycles. The molecule has 0 bridgehead atoms. The smallest absolute Gasteiger partial charge is 0.247 e. The van der Waals surface area contributed by atoms with Crippen molar-refractivity contribution >= 4 is 12.0 Å². The highest BCUT2D eigenvalue weighted by Gasteiger charge is 2.28. The van der Waals surface area contributed by atoms with Crippen molar-refractivity contribution in [2.24, 2.45) is 0 Å². The molecule has 4 heteroatoms. The van der Waals surface area contributed by atoms with Gasteiger partial charge in [-0.15, -0.1) is 0 Å². The molecule has 0 aliphatic carbocycles. The van der Waals surface area contributed by atoms with Crippen LogP contribution in [0.2, 0.25) is 0 Å². The molecule has 1 aliphatic rings. The zero-order valence-electron chi connectivity index (χ0n) is 15.6. The summed E-state index contributed by atoms with van der Waals surface area (Å²) in [4.78, 5) is 14.7. The van der Waals surface area contributed by atoms with Crippen molar-refractivity contribution in [1.29, 1.82) is 0 Å². The van der Waals surface area contributed by atoms with Crippen LogP contribution in [0.5, 0.6) is 11.5 Å². The van der Waals surface area contributed by atoms with Gasteiger partial charge in [-0.25, -0.2) is 0 Å².